The molecule has 154 valence electrons. The molecule has 3 rings (SSSR count). The lowest BCUT2D eigenvalue weighted by Crippen LogP contribution is -2.29. The Balaban J connectivity index is 2.22. The van der Waals surface area contributed by atoms with Gasteiger partial charge in [0, 0.05) is 10.6 Å². The number of carbonyl (C=O) groups excluding carboxylic acids is 1. The summed E-state index contributed by atoms with van der Waals surface area (Å²) in [4.78, 5) is 12.7. The monoisotopic (exact) mass is 445 g/mol. The topological polar surface area (TPSA) is 86.5 Å². The Morgan fingerprint density at radius 3 is 2.14 bits per heavy atom. The number of Topliss-reactive ketones (excluding diaryl/α,β-unsaturated/α-hetero) is 1. The van der Waals surface area contributed by atoms with Crippen molar-refractivity contribution in [3.8, 4) is 0 Å². The van der Waals surface area contributed by atoms with Crippen molar-refractivity contribution in [1.82, 2.24) is 0 Å². The minimum absolute atomic E-state index is 0.0244. The van der Waals surface area contributed by atoms with E-state index in [-0.39, 0.29) is 26.8 Å². The Hall–Kier alpha value is -2.36. The fourth-order valence-electron chi connectivity index (χ4n) is 2.92. The van der Waals surface area contributed by atoms with Crippen molar-refractivity contribution in [3.05, 3.63) is 64.2 Å². The van der Waals surface area contributed by atoms with Crippen LogP contribution in [0, 0.1) is 0 Å². The largest absolute Gasteiger partial charge is 0.478 e. The number of halogens is 4. The SMILES string of the molecule is CC1(C)OC(c2ccc(S(N)(=O)=O)cc2)=C(c2cc(Cl)cc(C(F)(F)F)c2)C1=O. The molecule has 29 heavy (non-hydrogen) atoms. The van der Waals surface area contributed by atoms with Crippen LogP contribution in [0.25, 0.3) is 11.3 Å². The molecule has 0 aliphatic carbocycles. The molecule has 2 N–H and O–H groups in total. The third kappa shape index (κ3) is 4.17. The molecule has 1 aliphatic heterocycles. The van der Waals surface area contributed by atoms with Crippen molar-refractivity contribution in [2.24, 2.45) is 5.14 Å². The summed E-state index contributed by atoms with van der Waals surface area (Å²) in [5.74, 6) is -0.505. The Kier molecular flexibility index (Phi) is 5.05. The molecule has 0 saturated heterocycles. The quantitative estimate of drug-likeness (QED) is 0.765. The number of primary sulfonamides is 1. The minimum atomic E-state index is -4.66. The van der Waals surface area contributed by atoms with Crippen LogP contribution in [0.15, 0.2) is 47.4 Å². The number of benzene rings is 2. The summed E-state index contributed by atoms with van der Waals surface area (Å²) >= 11 is 5.86. The minimum Gasteiger partial charge on any atom is -0.478 e. The second-order valence-corrected chi connectivity index (χ2v) is 8.94. The van der Waals surface area contributed by atoms with Gasteiger partial charge in [-0.2, -0.15) is 13.2 Å². The van der Waals surface area contributed by atoms with E-state index in [0.717, 1.165) is 12.1 Å². The third-order valence-corrected chi connectivity index (χ3v) is 5.46. The zero-order valence-electron chi connectivity index (χ0n) is 15.2. The average molecular weight is 446 g/mol. The molecule has 0 amide bonds. The van der Waals surface area contributed by atoms with Crippen LogP contribution in [0.1, 0.15) is 30.5 Å². The van der Waals surface area contributed by atoms with Crippen LogP contribution in [0.5, 0.6) is 0 Å². The Morgan fingerprint density at radius 2 is 1.62 bits per heavy atom. The highest BCUT2D eigenvalue weighted by Crippen LogP contribution is 2.43. The lowest BCUT2D eigenvalue weighted by atomic mass is 9.91. The zero-order valence-corrected chi connectivity index (χ0v) is 16.7. The first-order valence-electron chi connectivity index (χ1n) is 8.19. The lowest BCUT2D eigenvalue weighted by molar-refractivity contribution is -0.137. The van der Waals surface area contributed by atoms with Crippen LogP contribution in [-0.2, 0) is 25.7 Å². The predicted molar refractivity (Wildman–Crippen MR) is 101 cm³/mol. The van der Waals surface area contributed by atoms with Gasteiger partial charge in [-0.25, -0.2) is 13.6 Å². The van der Waals surface area contributed by atoms with Crippen molar-refractivity contribution < 1.29 is 31.1 Å². The van der Waals surface area contributed by atoms with E-state index in [9.17, 15) is 26.4 Å². The summed E-state index contributed by atoms with van der Waals surface area (Å²) < 4.78 is 68.2. The maximum atomic E-state index is 13.2. The normalized spacial score (nSPS) is 16.9. The number of carbonyl (C=O) groups is 1. The fourth-order valence-corrected chi connectivity index (χ4v) is 3.67. The number of ketones is 1. The molecule has 0 atom stereocenters. The van der Waals surface area contributed by atoms with Crippen LogP contribution in [-0.4, -0.2) is 19.8 Å². The van der Waals surface area contributed by atoms with Crippen LogP contribution >= 0.6 is 11.6 Å². The summed E-state index contributed by atoms with van der Waals surface area (Å²) in [6.45, 7) is 2.96. The molecule has 0 bridgehead atoms. The average Bonchev–Trinajstić information content (AvgIpc) is 2.83. The maximum absolute atomic E-state index is 13.2. The van der Waals surface area contributed by atoms with Gasteiger partial charge < -0.3 is 4.74 Å². The van der Waals surface area contributed by atoms with Crippen molar-refractivity contribution in [1.29, 1.82) is 0 Å². The van der Waals surface area contributed by atoms with E-state index in [0.29, 0.717) is 5.56 Å². The van der Waals surface area contributed by atoms with Gasteiger partial charge in [0.1, 0.15) is 5.76 Å². The third-order valence-electron chi connectivity index (χ3n) is 4.32. The number of nitrogens with two attached hydrogens (primary N) is 1. The standard InChI is InChI=1S/C19H15ClF3NO4S/c1-18(2)17(25)15(11-7-12(19(21,22)23)9-13(20)8-11)16(28-18)10-3-5-14(6-4-10)29(24,26)27/h3-9H,1-2H3,(H2,24,26,27). The molecule has 5 nitrogen and oxygen atoms in total. The number of hydrogen-bond acceptors (Lipinski definition) is 4. The van der Waals surface area contributed by atoms with Crippen LogP contribution < -0.4 is 5.14 Å². The first-order chi connectivity index (χ1) is 13.2. The van der Waals surface area contributed by atoms with Crippen LogP contribution in [0.2, 0.25) is 5.02 Å². The first-order valence-corrected chi connectivity index (χ1v) is 10.1. The number of rotatable bonds is 3. The van der Waals surface area contributed by atoms with Gasteiger partial charge in [-0.05, 0) is 61.9 Å². The molecule has 0 fully saturated rings. The van der Waals surface area contributed by atoms with E-state index in [1.165, 1.54) is 44.2 Å². The van der Waals surface area contributed by atoms with E-state index >= 15 is 0 Å². The van der Waals surface area contributed by atoms with E-state index < -0.39 is 33.1 Å². The molecule has 0 radical (unpaired) electrons. The van der Waals surface area contributed by atoms with Crippen LogP contribution in [0.4, 0.5) is 13.2 Å². The van der Waals surface area contributed by atoms with Gasteiger partial charge >= 0.3 is 6.18 Å². The van der Waals surface area contributed by atoms with Gasteiger partial charge in [0.2, 0.25) is 15.8 Å². The second kappa shape index (κ2) is 6.86. The number of ether oxygens (including phenoxy) is 1. The second-order valence-electron chi connectivity index (χ2n) is 6.94. The molecule has 0 saturated carbocycles. The van der Waals surface area contributed by atoms with Crippen molar-refractivity contribution in [3.63, 3.8) is 0 Å². The van der Waals surface area contributed by atoms with Gasteiger partial charge in [-0.1, -0.05) is 11.6 Å². The molecule has 0 spiro atoms. The summed E-state index contributed by atoms with van der Waals surface area (Å²) in [5, 5.41) is 4.88. The van der Waals surface area contributed by atoms with Crippen molar-refractivity contribution in [2.45, 2.75) is 30.5 Å². The summed E-state index contributed by atoms with van der Waals surface area (Å²) in [6, 6.07) is 7.98. The Labute approximate surface area is 170 Å². The highest BCUT2D eigenvalue weighted by Gasteiger charge is 2.43. The number of alkyl halides is 3. The maximum Gasteiger partial charge on any atom is 0.416 e. The van der Waals surface area contributed by atoms with E-state index in [1.54, 1.807) is 0 Å². The molecule has 1 aliphatic rings. The first kappa shape index (κ1) is 21.4. The smallest absolute Gasteiger partial charge is 0.416 e. The predicted octanol–water partition coefficient (Wildman–Crippen LogP) is 4.25. The summed E-state index contributed by atoms with van der Waals surface area (Å²) in [5.41, 5.74) is -2.16. The van der Waals surface area contributed by atoms with Gasteiger partial charge in [0.15, 0.2) is 5.60 Å². The molecule has 2 aromatic rings. The fraction of sp³-hybridized carbons (Fsp3) is 0.211. The van der Waals surface area contributed by atoms with E-state index in [4.69, 9.17) is 21.5 Å². The van der Waals surface area contributed by atoms with Crippen LogP contribution in [0.3, 0.4) is 0 Å². The highest BCUT2D eigenvalue weighted by molar-refractivity contribution is 7.89. The van der Waals surface area contributed by atoms with E-state index in [2.05, 4.69) is 0 Å². The highest BCUT2D eigenvalue weighted by atomic mass is 35.5. The lowest BCUT2D eigenvalue weighted by Gasteiger charge is -2.18. The molecule has 0 aromatic heterocycles. The van der Waals surface area contributed by atoms with E-state index in [1.807, 2.05) is 0 Å². The molecule has 0 unspecified atom stereocenters. The molecular weight excluding hydrogens is 431 g/mol. The van der Waals surface area contributed by atoms with Crippen molar-refractivity contribution in [2.75, 3.05) is 0 Å². The van der Waals surface area contributed by atoms with Gasteiger partial charge in [-0.3, -0.25) is 4.79 Å². The Morgan fingerprint density at radius 1 is 1.03 bits per heavy atom. The molecule has 2 aromatic carbocycles. The van der Waals surface area contributed by atoms with Gasteiger partial charge in [0.25, 0.3) is 0 Å². The molecule has 1 heterocycles. The van der Waals surface area contributed by atoms with Crippen molar-refractivity contribution >= 4 is 38.7 Å². The molecule has 10 heteroatoms. The van der Waals surface area contributed by atoms with Gasteiger partial charge in [-0.15, -0.1) is 0 Å². The molecular formula is C19H15ClF3NO4S. The summed E-state index contributed by atoms with van der Waals surface area (Å²) in [7, 11) is -3.94. The number of sulfonamides is 1. The van der Waals surface area contributed by atoms with Gasteiger partial charge in [0.05, 0.1) is 16.0 Å². The zero-order chi connectivity index (χ0) is 21.8. The summed E-state index contributed by atoms with van der Waals surface area (Å²) in [6.07, 6.45) is -4.66. The number of hydrogen-bond donors (Lipinski definition) is 1. The Bertz CT molecular complexity index is 1140.